The lowest BCUT2D eigenvalue weighted by Crippen LogP contribution is -2.42. The standard InChI is InChI=1S/C24H28N4O6/c1-14-17(15(2)26-19(14)24(32)33-3)21(29)18-20(16-4-6-25-7-5-16)28(23(31)22(18)30)9-8-27-10-12-34-13-11-27/h4-7,20,26,29H,8-13H2,1-3H3/t20-/m0/s1. The molecule has 10 nitrogen and oxygen atoms in total. The Hall–Kier alpha value is -3.50. The Morgan fingerprint density at radius 2 is 1.88 bits per heavy atom. The zero-order chi connectivity index (χ0) is 24.4. The predicted molar refractivity (Wildman–Crippen MR) is 122 cm³/mol. The molecule has 180 valence electrons. The van der Waals surface area contributed by atoms with Gasteiger partial charge in [-0.1, -0.05) is 0 Å². The van der Waals surface area contributed by atoms with Crippen LogP contribution < -0.4 is 0 Å². The van der Waals surface area contributed by atoms with Crippen LogP contribution in [0.5, 0.6) is 0 Å². The van der Waals surface area contributed by atoms with Crippen molar-refractivity contribution in [3.8, 4) is 0 Å². The van der Waals surface area contributed by atoms with E-state index in [9.17, 15) is 19.5 Å². The molecule has 2 aliphatic heterocycles. The van der Waals surface area contributed by atoms with Gasteiger partial charge in [0, 0.05) is 49.8 Å². The fourth-order valence-electron chi connectivity index (χ4n) is 4.62. The van der Waals surface area contributed by atoms with Gasteiger partial charge in [-0.15, -0.1) is 0 Å². The maximum absolute atomic E-state index is 13.2. The summed E-state index contributed by atoms with van der Waals surface area (Å²) in [6, 6.07) is 2.67. The molecule has 4 heterocycles. The van der Waals surface area contributed by atoms with Crippen LogP contribution in [0.4, 0.5) is 0 Å². The molecular formula is C24H28N4O6. The van der Waals surface area contributed by atoms with Gasteiger partial charge in [0.25, 0.3) is 11.7 Å². The highest BCUT2D eigenvalue weighted by molar-refractivity contribution is 6.46. The van der Waals surface area contributed by atoms with Gasteiger partial charge in [0.2, 0.25) is 0 Å². The summed E-state index contributed by atoms with van der Waals surface area (Å²) < 4.78 is 10.2. The van der Waals surface area contributed by atoms with Gasteiger partial charge in [0.15, 0.2) is 0 Å². The number of aromatic amines is 1. The minimum atomic E-state index is -0.778. The first-order valence-corrected chi connectivity index (χ1v) is 11.1. The van der Waals surface area contributed by atoms with Crippen molar-refractivity contribution >= 4 is 23.4 Å². The Balaban J connectivity index is 1.78. The monoisotopic (exact) mass is 468 g/mol. The van der Waals surface area contributed by atoms with Crippen LogP contribution in [0.1, 0.15) is 38.9 Å². The Bertz CT molecular complexity index is 1130. The predicted octanol–water partition coefficient (Wildman–Crippen LogP) is 1.57. The van der Waals surface area contributed by atoms with E-state index >= 15 is 0 Å². The van der Waals surface area contributed by atoms with E-state index in [1.54, 1.807) is 38.4 Å². The van der Waals surface area contributed by atoms with Crippen LogP contribution >= 0.6 is 0 Å². The van der Waals surface area contributed by atoms with Crippen molar-refractivity contribution in [3.63, 3.8) is 0 Å². The summed E-state index contributed by atoms with van der Waals surface area (Å²) in [5.74, 6) is -2.34. The molecule has 34 heavy (non-hydrogen) atoms. The molecule has 4 rings (SSSR count). The van der Waals surface area contributed by atoms with Gasteiger partial charge in [-0.3, -0.25) is 19.5 Å². The first-order valence-electron chi connectivity index (χ1n) is 11.1. The summed E-state index contributed by atoms with van der Waals surface area (Å²) in [6.07, 6.45) is 3.17. The molecule has 1 atom stereocenters. The van der Waals surface area contributed by atoms with E-state index in [0.717, 1.165) is 13.1 Å². The number of aromatic nitrogens is 2. The Kier molecular flexibility index (Phi) is 6.80. The van der Waals surface area contributed by atoms with Gasteiger partial charge in [0.1, 0.15) is 11.5 Å². The second-order valence-corrected chi connectivity index (χ2v) is 8.34. The molecule has 0 aliphatic carbocycles. The number of aliphatic hydroxyl groups excluding tert-OH is 1. The average molecular weight is 469 g/mol. The van der Waals surface area contributed by atoms with Crippen molar-refractivity contribution in [1.82, 2.24) is 19.8 Å². The number of pyridine rings is 1. The fourth-order valence-corrected chi connectivity index (χ4v) is 4.62. The average Bonchev–Trinajstić information content (AvgIpc) is 3.30. The number of ketones is 1. The summed E-state index contributed by atoms with van der Waals surface area (Å²) in [5.41, 5.74) is 2.07. The summed E-state index contributed by atoms with van der Waals surface area (Å²) in [4.78, 5) is 49.1. The maximum Gasteiger partial charge on any atom is 0.354 e. The van der Waals surface area contributed by atoms with Gasteiger partial charge in [-0.05, 0) is 37.1 Å². The third-order valence-electron chi connectivity index (χ3n) is 6.39. The Morgan fingerprint density at radius 3 is 2.53 bits per heavy atom. The number of hydrogen-bond acceptors (Lipinski definition) is 8. The molecule has 2 aromatic heterocycles. The number of aliphatic hydroxyl groups is 1. The molecule has 10 heteroatoms. The van der Waals surface area contributed by atoms with Crippen LogP contribution in [-0.4, -0.2) is 89.0 Å². The van der Waals surface area contributed by atoms with Crippen molar-refractivity contribution in [2.75, 3.05) is 46.5 Å². The molecule has 2 fully saturated rings. The molecule has 0 spiro atoms. The molecule has 0 aromatic carbocycles. The number of morpholine rings is 1. The number of H-pyrrole nitrogens is 1. The molecule has 2 N–H and O–H groups in total. The SMILES string of the molecule is COC(=O)c1[nH]c(C)c(C(O)=C2C(=O)C(=O)N(CCN3CCOCC3)[C@H]2c2ccncc2)c1C. The number of rotatable bonds is 6. The first kappa shape index (κ1) is 23.7. The molecule has 2 aliphatic rings. The van der Waals surface area contributed by atoms with E-state index in [1.807, 2.05) is 0 Å². The number of ether oxygens (including phenoxy) is 2. The number of amides is 1. The largest absolute Gasteiger partial charge is 0.507 e. The number of aryl methyl sites for hydroxylation is 1. The summed E-state index contributed by atoms with van der Waals surface area (Å²) >= 11 is 0. The lowest BCUT2D eigenvalue weighted by atomic mass is 9.94. The number of carbonyl (C=O) groups is 3. The number of likely N-dealkylation sites (tertiary alicyclic amines) is 1. The topological polar surface area (TPSA) is 125 Å². The summed E-state index contributed by atoms with van der Waals surface area (Å²) in [7, 11) is 1.26. The van der Waals surface area contributed by atoms with Gasteiger partial charge >= 0.3 is 5.97 Å². The summed E-state index contributed by atoms with van der Waals surface area (Å²) in [6.45, 7) is 6.98. The normalized spacial score (nSPS) is 20.7. The Labute approximate surface area is 197 Å². The number of hydrogen-bond donors (Lipinski definition) is 2. The minimum absolute atomic E-state index is 0.0141. The van der Waals surface area contributed by atoms with Crippen molar-refractivity contribution in [2.24, 2.45) is 0 Å². The lowest BCUT2D eigenvalue weighted by molar-refractivity contribution is -0.140. The molecule has 2 saturated heterocycles. The molecule has 2 aromatic rings. The highest BCUT2D eigenvalue weighted by Crippen LogP contribution is 2.40. The number of Topliss-reactive ketones (excluding diaryl/α,β-unsaturated/α-hetero) is 1. The van der Waals surface area contributed by atoms with E-state index in [-0.39, 0.29) is 17.0 Å². The zero-order valence-electron chi connectivity index (χ0n) is 19.5. The molecule has 0 bridgehead atoms. The quantitative estimate of drug-likeness (QED) is 0.283. The van der Waals surface area contributed by atoms with E-state index < -0.39 is 23.7 Å². The third kappa shape index (κ3) is 4.22. The summed E-state index contributed by atoms with van der Waals surface area (Å²) in [5, 5.41) is 11.4. The number of methoxy groups -OCH3 is 1. The van der Waals surface area contributed by atoms with Gasteiger partial charge in [-0.2, -0.15) is 0 Å². The number of nitrogens with zero attached hydrogens (tertiary/aromatic N) is 3. The van der Waals surface area contributed by atoms with Crippen LogP contribution in [0.3, 0.4) is 0 Å². The van der Waals surface area contributed by atoms with Gasteiger partial charge in [-0.25, -0.2) is 4.79 Å². The van der Waals surface area contributed by atoms with Crippen molar-refractivity contribution < 1.29 is 29.0 Å². The molecule has 1 amide bonds. The highest BCUT2D eigenvalue weighted by atomic mass is 16.5. The van der Waals surface area contributed by atoms with Crippen LogP contribution in [0.15, 0.2) is 30.1 Å². The van der Waals surface area contributed by atoms with Gasteiger partial charge in [0.05, 0.1) is 31.9 Å². The molecule has 0 radical (unpaired) electrons. The minimum Gasteiger partial charge on any atom is -0.507 e. The third-order valence-corrected chi connectivity index (χ3v) is 6.39. The second-order valence-electron chi connectivity index (χ2n) is 8.34. The van der Waals surface area contributed by atoms with Crippen LogP contribution in [0, 0.1) is 13.8 Å². The van der Waals surface area contributed by atoms with E-state index in [2.05, 4.69) is 14.9 Å². The van der Waals surface area contributed by atoms with E-state index in [1.165, 1.54) is 12.0 Å². The fraction of sp³-hybridized carbons (Fsp3) is 0.417. The van der Waals surface area contributed by atoms with Gasteiger partial charge < -0.3 is 24.5 Å². The van der Waals surface area contributed by atoms with Crippen molar-refractivity contribution in [1.29, 1.82) is 0 Å². The van der Waals surface area contributed by atoms with E-state index in [4.69, 9.17) is 9.47 Å². The van der Waals surface area contributed by atoms with E-state index in [0.29, 0.717) is 48.7 Å². The van der Waals surface area contributed by atoms with Crippen molar-refractivity contribution in [3.05, 3.63) is 58.2 Å². The molecule has 0 unspecified atom stereocenters. The second kappa shape index (κ2) is 9.78. The number of nitrogens with one attached hydrogen (secondary N) is 1. The lowest BCUT2D eigenvalue weighted by Gasteiger charge is -2.31. The van der Waals surface area contributed by atoms with Crippen LogP contribution in [0.2, 0.25) is 0 Å². The van der Waals surface area contributed by atoms with Crippen molar-refractivity contribution in [2.45, 2.75) is 19.9 Å². The smallest absolute Gasteiger partial charge is 0.354 e. The highest BCUT2D eigenvalue weighted by Gasteiger charge is 2.46. The zero-order valence-corrected chi connectivity index (χ0v) is 19.5. The number of esters is 1. The number of carbonyl (C=O) groups excluding carboxylic acids is 3. The molecular weight excluding hydrogens is 440 g/mol. The van der Waals surface area contributed by atoms with Crippen LogP contribution in [0.25, 0.3) is 5.76 Å². The maximum atomic E-state index is 13.2. The first-order chi connectivity index (χ1) is 16.3. The Morgan fingerprint density at radius 1 is 1.21 bits per heavy atom. The van der Waals surface area contributed by atoms with Crippen LogP contribution in [-0.2, 0) is 19.1 Å². The molecule has 0 saturated carbocycles.